The van der Waals surface area contributed by atoms with E-state index in [1.807, 2.05) is 47.9 Å². The number of nitrogens with zero attached hydrogens (tertiary/aromatic N) is 2. The van der Waals surface area contributed by atoms with Crippen LogP contribution in [0.25, 0.3) is 6.08 Å². The second kappa shape index (κ2) is 8.34. The minimum absolute atomic E-state index is 0.00228. The van der Waals surface area contributed by atoms with Crippen molar-refractivity contribution in [3.8, 4) is 0 Å². The predicted octanol–water partition coefficient (Wildman–Crippen LogP) is 2.15. The molecule has 32 heavy (non-hydrogen) atoms. The summed E-state index contributed by atoms with van der Waals surface area (Å²) in [7, 11) is 0. The summed E-state index contributed by atoms with van der Waals surface area (Å²) < 4.78 is 1.84. The lowest BCUT2D eigenvalue weighted by Gasteiger charge is -2.30. The fourth-order valence-electron chi connectivity index (χ4n) is 6.25. The summed E-state index contributed by atoms with van der Waals surface area (Å²) in [6.07, 6.45) is 5.41. The summed E-state index contributed by atoms with van der Waals surface area (Å²) in [5.41, 5.74) is 4.24. The molecule has 3 heterocycles. The van der Waals surface area contributed by atoms with Crippen LogP contribution in [0.5, 0.6) is 0 Å². The van der Waals surface area contributed by atoms with Gasteiger partial charge in [-0.2, -0.15) is 0 Å². The molecule has 0 bridgehead atoms. The number of carbonyl (C=O) groups is 1. The molecule has 1 fully saturated rings. The molecule has 0 unspecified atom stereocenters. The smallest absolute Gasteiger partial charge is 0.258 e. The van der Waals surface area contributed by atoms with Crippen LogP contribution < -0.4 is 10.9 Å². The molecule has 5 rings (SSSR count). The zero-order valence-corrected chi connectivity index (χ0v) is 18.7. The van der Waals surface area contributed by atoms with Crippen LogP contribution in [0.15, 0.2) is 47.3 Å². The van der Waals surface area contributed by atoms with Crippen molar-refractivity contribution < 1.29 is 9.90 Å². The van der Waals surface area contributed by atoms with E-state index in [4.69, 9.17) is 0 Å². The molecule has 1 amide bonds. The first-order valence-corrected chi connectivity index (χ1v) is 11.7. The van der Waals surface area contributed by atoms with Crippen molar-refractivity contribution in [2.24, 2.45) is 11.8 Å². The lowest BCUT2D eigenvalue weighted by atomic mass is 9.88. The minimum atomic E-state index is -0.386. The van der Waals surface area contributed by atoms with Crippen molar-refractivity contribution in [1.82, 2.24) is 14.8 Å². The minimum Gasteiger partial charge on any atom is -0.396 e. The molecule has 2 N–H and O–H groups in total. The van der Waals surface area contributed by atoms with Gasteiger partial charge in [0.15, 0.2) is 0 Å². The summed E-state index contributed by atoms with van der Waals surface area (Å²) in [5, 5.41) is 13.6. The molecule has 1 saturated heterocycles. The van der Waals surface area contributed by atoms with Gasteiger partial charge in [0.25, 0.3) is 5.56 Å². The van der Waals surface area contributed by atoms with Gasteiger partial charge in [0.2, 0.25) is 5.91 Å². The number of nitrogens with one attached hydrogen (secondary N) is 1. The van der Waals surface area contributed by atoms with Crippen molar-refractivity contribution in [2.75, 3.05) is 13.2 Å². The summed E-state index contributed by atoms with van der Waals surface area (Å²) >= 11 is 0. The van der Waals surface area contributed by atoms with E-state index in [1.54, 1.807) is 0 Å². The van der Waals surface area contributed by atoms with Crippen molar-refractivity contribution in [2.45, 2.75) is 51.4 Å². The number of benzene rings is 1. The number of likely N-dealkylation sites (N-methyl/N-ethyl adjacent to an activating group) is 1. The van der Waals surface area contributed by atoms with E-state index in [2.05, 4.69) is 29.3 Å². The Morgan fingerprint density at radius 2 is 1.91 bits per heavy atom. The molecule has 6 nitrogen and oxygen atoms in total. The van der Waals surface area contributed by atoms with Crippen molar-refractivity contribution >= 4 is 12.0 Å². The van der Waals surface area contributed by atoms with Gasteiger partial charge in [-0.15, -0.1) is 0 Å². The maximum atomic E-state index is 13.5. The van der Waals surface area contributed by atoms with Crippen LogP contribution >= 0.6 is 0 Å². The standard InChI is InChI=1S/C26H31N3O3/c1-3-7-16-10-11-22-23-20(14-29(22)26(16)32)21(15-30)24(28(23)4-2)25(31)27-19-12-17-8-5-6-9-18(17)13-19/h3,5-11,19-21,23-24,30H,4,12-15H2,1-2H3,(H,27,31)/t20-,21-,23+,24-/m1/s1. The lowest BCUT2D eigenvalue weighted by molar-refractivity contribution is -0.128. The number of pyridine rings is 1. The lowest BCUT2D eigenvalue weighted by Crippen LogP contribution is -2.51. The van der Waals surface area contributed by atoms with E-state index in [0.717, 1.165) is 18.5 Å². The van der Waals surface area contributed by atoms with Gasteiger partial charge in [0, 0.05) is 42.3 Å². The van der Waals surface area contributed by atoms with Crippen LogP contribution in [0.3, 0.4) is 0 Å². The summed E-state index contributed by atoms with van der Waals surface area (Å²) in [6, 6.07) is 11.9. The highest BCUT2D eigenvalue weighted by Gasteiger charge is 2.55. The number of aliphatic hydroxyl groups excluding tert-OH is 1. The van der Waals surface area contributed by atoms with Crippen molar-refractivity contribution in [3.05, 3.63) is 75.2 Å². The summed E-state index contributed by atoms with van der Waals surface area (Å²) in [5.74, 6) is -0.157. The molecule has 2 aromatic rings. The number of aromatic nitrogens is 1. The molecule has 6 heteroatoms. The van der Waals surface area contributed by atoms with Gasteiger partial charge in [0.05, 0.1) is 12.1 Å². The maximum absolute atomic E-state index is 13.5. The second-order valence-electron chi connectivity index (χ2n) is 9.24. The SMILES string of the molecule is CC=Cc1ccc2n(c1=O)C[C@@H]1[C@@H](CO)[C@H](C(=O)NC3Cc4ccccc4C3)N(CC)[C@H]21. The van der Waals surface area contributed by atoms with Crippen LogP contribution in [-0.4, -0.2) is 45.7 Å². The van der Waals surface area contributed by atoms with Gasteiger partial charge in [-0.25, -0.2) is 0 Å². The Kier molecular flexibility index (Phi) is 5.51. The molecule has 2 aliphatic heterocycles. The molecular weight excluding hydrogens is 402 g/mol. The molecule has 1 aromatic heterocycles. The van der Waals surface area contributed by atoms with Crippen LogP contribution in [-0.2, 0) is 24.2 Å². The molecule has 0 saturated carbocycles. The number of amides is 1. The van der Waals surface area contributed by atoms with Crippen LogP contribution in [0.4, 0.5) is 0 Å². The Labute approximate surface area is 188 Å². The van der Waals surface area contributed by atoms with Gasteiger partial charge in [-0.1, -0.05) is 43.3 Å². The number of hydrogen-bond acceptors (Lipinski definition) is 4. The number of rotatable bonds is 5. The summed E-state index contributed by atoms with van der Waals surface area (Å²) in [6.45, 7) is 5.12. The van der Waals surface area contributed by atoms with E-state index >= 15 is 0 Å². The van der Waals surface area contributed by atoms with E-state index in [-0.39, 0.29) is 48.0 Å². The topological polar surface area (TPSA) is 74.6 Å². The first kappa shape index (κ1) is 21.2. The molecular formula is C26H31N3O3. The van der Waals surface area contributed by atoms with Gasteiger partial charge >= 0.3 is 0 Å². The van der Waals surface area contributed by atoms with Gasteiger partial charge in [-0.3, -0.25) is 14.5 Å². The Morgan fingerprint density at radius 3 is 2.53 bits per heavy atom. The largest absolute Gasteiger partial charge is 0.396 e. The molecule has 168 valence electrons. The van der Waals surface area contributed by atoms with Crippen LogP contribution in [0.1, 0.15) is 42.3 Å². The molecule has 0 spiro atoms. The van der Waals surface area contributed by atoms with E-state index in [0.29, 0.717) is 18.7 Å². The maximum Gasteiger partial charge on any atom is 0.258 e. The number of hydrogen-bond donors (Lipinski definition) is 2. The Morgan fingerprint density at radius 1 is 1.19 bits per heavy atom. The van der Waals surface area contributed by atoms with Crippen molar-refractivity contribution in [3.63, 3.8) is 0 Å². The van der Waals surface area contributed by atoms with Gasteiger partial charge in [-0.05, 0) is 49.6 Å². The van der Waals surface area contributed by atoms with E-state index in [9.17, 15) is 14.7 Å². The van der Waals surface area contributed by atoms with E-state index in [1.165, 1.54) is 11.1 Å². The average Bonchev–Trinajstić information content (AvgIpc) is 3.45. The third-order valence-corrected chi connectivity index (χ3v) is 7.60. The molecule has 0 radical (unpaired) electrons. The number of aliphatic hydroxyl groups is 1. The first-order chi connectivity index (χ1) is 15.6. The number of likely N-dealkylation sites (tertiary alicyclic amines) is 1. The van der Waals surface area contributed by atoms with Gasteiger partial charge in [0.1, 0.15) is 0 Å². The van der Waals surface area contributed by atoms with Crippen molar-refractivity contribution in [1.29, 1.82) is 0 Å². The fraction of sp³-hybridized carbons (Fsp3) is 0.462. The normalized spacial score (nSPS) is 27.0. The fourth-order valence-corrected chi connectivity index (χ4v) is 6.25. The third kappa shape index (κ3) is 3.24. The van der Waals surface area contributed by atoms with Gasteiger partial charge < -0.3 is 15.0 Å². The highest BCUT2D eigenvalue weighted by atomic mass is 16.3. The Bertz CT molecular complexity index is 1100. The quantitative estimate of drug-likeness (QED) is 0.758. The highest BCUT2D eigenvalue weighted by molar-refractivity contribution is 5.83. The zero-order valence-electron chi connectivity index (χ0n) is 18.7. The number of fused-ring (bicyclic) bond motifs is 4. The average molecular weight is 434 g/mol. The monoisotopic (exact) mass is 433 g/mol. The van der Waals surface area contributed by atoms with Crippen LogP contribution in [0, 0.1) is 11.8 Å². The number of allylic oxidation sites excluding steroid dienone is 1. The zero-order chi connectivity index (χ0) is 22.4. The second-order valence-corrected chi connectivity index (χ2v) is 9.24. The number of carbonyl (C=O) groups excluding carboxylic acids is 1. The summed E-state index contributed by atoms with van der Waals surface area (Å²) in [4.78, 5) is 28.7. The Hall–Kier alpha value is -2.70. The van der Waals surface area contributed by atoms with Crippen LogP contribution in [0.2, 0.25) is 0 Å². The molecule has 3 aliphatic rings. The third-order valence-electron chi connectivity index (χ3n) is 7.60. The molecule has 4 atom stereocenters. The highest BCUT2D eigenvalue weighted by Crippen LogP contribution is 2.49. The Balaban J connectivity index is 1.41. The molecule has 1 aromatic carbocycles. The predicted molar refractivity (Wildman–Crippen MR) is 124 cm³/mol. The van der Waals surface area contributed by atoms with E-state index < -0.39 is 0 Å². The molecule has 1 aliphatic carbocycles. The first-order valence-electron chi connectivity index (χ1n) is 11.7.